The standard InChI is InChI=1S/C19H21ClN4O4/c1-12(2)23(11-18(21)25)19(26)13-7-8-16(17(9-13)24(27)28)22-10-14-5-3-4-6-15(14)20/h3-9,12,22H,10-11H2,1-2H3,(H2,21,25). The third-order valence-electron chi connectivity index (χ3n) is 4.08. The summed E-state index contributed by atoms with van der Waals surface area (Å²) in [4.78, 5) is 36.1. The first kappa shape index (κ1) is 21.2. The molecule has 8 nitrogen and oxygen atoms in total. The number of nitro groups is 1. The number of hydrogen-bond donors (Lipinski definition) is 2. The molecular formula is C19H21ClN4O4. The van der Waals surface area contributed by atoms with Gasteiger partial charge in [-0.3, -0.25) is 19.7 Å². The van der Waals surface area contributed by atoms with E-state index in [4.69, 9.17) is 17.3 Å². The Bertz CT molecular complexity index is 901. The molecule has 0 aliphatic rings. The minimum atomic E-state index is -0.658. The highest BCUT2D eigenvalue weighted by Crippen LogP contribution is 2.28. The molecule has 0 heterocycles. The van der Waals surface area contributed by atoms with Gasteiger partial charge in [0, 0.05) is 29.2 Å². The van der Waals surface area contributed by atoms with Gasteiger partial charge in [0.05, 0.1) is 11.5 Å². The molecule has 2 rings (SSSR count). The van der Waals surface area contributed by atoms with Gasteiger partial charge in [-0.15, -0.1) is 0 Å². The number of nitro benzene ring substituents is 1. The Balaban J connectivity index is 2.29. The Labute approximate surface area is 167 Å². The first-order valence-corrected chi connectivity index (χ1v) is 8.93. The molecule has 0 radical (unpaired) electrons. The van der Waals surface area contributed by atoms with Crippen molar-refractivity contribution in [1.82, 2.24) is 4.90 Å². The molecule has 0 saturated heterocycles. The molecule has 9 heteroatoms. The average molecular weight is 405 g/mol. The van der Waals surface area contributed by atoms with E-state index in [2.05, 4.69) is 5.32 Å². The number of nitrogens with zero attached hydrogens (tertiary/aromatic N) is 2. The Hall–Kier alpha value is -3.13. The Morgan fingerprint density at radius 3 is 2.50 bits per heavy atom. The van der Waals surface area contributed by atoms with E-state index >= 15 is 0 Å². The van der Waals surface area contributed by atoms with Crippen molar-refractivity contribution in [2.45, 2.75) is 26.4 Å². The number of anilines is 1. The summed E-state index contributed by atoms with van der Waals surface area (Å²) in [5, 5.41) is 15.0. The molecule has 0 aliphatic carbocycles. The van der Waals surface area contributed by atoms with Gasteiger partial charge in [0.1, 0.15) is 5.69 Å². The summed E-state index contributed by atoms with van der Waals surface area (Å²) in [6, 6.07) is 11.0. The molecule has 0 fully saturated rings. The van der Waals surface area contributed by atoms with Crippen molar-refractivity contribution in [1.29, 1.82) is 0 Å². The van der Waals surface area contributed by atoms with E-state index in [9.17, 15) is 19.7 Å². The van der Waals surface area contributed by atoms with Crippen molar-refractivity contribution in [3.8, 4) is 0 Å². The smallest absolute Gasteiger partial charge is 0.293 e. The number of benzene rings is 2. The zero-order valence-electron chi connectivity index (χ0n) is 15.5. The van der Waals surface area contributed by atoms with Gasteiger partial charge in [-0.1, -0.05) is 29.8 Å². The zero-order chi connectivity index (χ0) is 20.8. The molecule has 0 unspecified atom stereocenters. The van der Waals surface area contributed by atoms with Gasteiger partial charge in [0.2, 0.25) is 5.91 Å². The van der Waals surface area contributed by atoms with E-state index in [1.54, 1.807) is 26.0 Å². The Kier molecular flexibility index (Phi) is 6.94. The second-order valence-corrected chi connectivity index (χ2v) is 6.83. The molecule has 0 atom stereocenters. The van der Waals surface area contributed by atoms with Crippen LogP contribution in [-0.4, -0.2) is 34.2 Å². The van der Waals surface area contributed by atoms with Gasteiger partial charge in [0.25, 0.3) is 11.6 Å². The maximum atomic E-state index is 12.7. The predicted octanol–water partition coefficient (Wildman–Crippen LogP) is 3.20. The number of hydrogen-bond acceptors (Lipinski definition) is 5. The van der Waals surface area contributed by atoms with Crippen molar-refractivity contribution >= 4 is 34.8 Å². The normalized spacial score (nSPS) is 10.6. The fourth-order valence-electron chi connectivity index (χ4n) is 2.62. The highest BCUT2D eigenvalue weighted by molar-refractivity contribution is 6.31. The third kappa shape index (κ3) is 5.20. The van der Waals surface area contributed by atoms with Gasteiger partial charge in [-0.05, 0) is 37.6 Å². The second-order valence-electron chi connectivity index (χ2n) is 6.43. The summed E-state index contributed by atoms with van der Waals surface area (Å²) < 4.78 is 0. The molecule has 0 aromatic heterocycles. The fraction of sp³-hybridized carbons (Fsp3) is 0.263. The minimum absolute atomic E-state index is 0.102. The van der Waals surface area contributed by atoms with Gasteiger partial charge in [-0.2, -0.15) is 0 Å². The van der Waals surface area contributed by atoms with Crippen LogP contribution in [0.2, 0.25) is 5.02 Å². The maximum Gasteiger partial charge on any atom is 0.293 e. The summed E-state index contributed by atoms with van der Waals surface area (Å²) in [5.74, 6) is -1.16. The fourth-order valence-corrected chi connectivity index (χ4v) is 2.82. The van der Waals surface area contributed by atoms with Crippen LogP contribution in [0.3, 0.4) is 0 Å². The summed E-state index contributed by atoms with van der Waals surface area (Å²) in [6.45, 7) is 3.48. The molecule has 0 saturated carbocycles. The lowest BCUT2D eigenvalue weighted by atomic mass is 10.1. The van der Waals surface area contributed by atoms with Crippen LogP contribution < -0.4 is 11.1 Å². The highest BCUT2D eigenvalue weighted by Gasteiger charge is 2.24. The lowest BCUT2D eigenvalue weighted by Gasteiger charge is -2.25. The van der Waals surface area contributed by atoms with Crippen molar-refractivity contribution in [3.05, 3.63) is 68.7 Å². The largest absolute Gasteiger partial charge is 0.375 e. The van der Waals surface area contributed by atoms with E-state index in [1.807, 2.05) is 12.1 Å². The summed E-state index contributed by atoms with van der Waals surface area (Å²) >= 11 is 6.10. The molecule has 0 spiro atoms. The zero-order valence-corrected chi connectivity index (χ0v) is 16.3. The van der Waals surface area contributed by atoms with Crippen LogP contribution in [0, 0.1) is 10.1 Å². The van der Waals surface area contributed by atoms with Gasteiger partial charge in [0.15, 0.2) is 0 Å². The van der Waals surface area contributed by atoms with Crippen molar-refractivity contribution < 1.29 is 14.5 Å². The van der Waals surface area contributed by atoms with E-state index < -0.39 is 16.7 Å². The molecule has 2 aromatic rings. The molecule has 3 N–H and O–H groups in total. The molecule has 2 aromatic carbocycles. The number of carbonyl (C=O) groups is 2. The van der Waals surface area contributed by atoms with Crippen molar-refractivity contribution in [3.63, 3.8) is 0 Å². The summed E-state index contributed by atoms with van der Waals surface area (Å²) in [5.41, 5.74) is 6.09. The van der Waals surface area contributed by atoms with Crippen LogP contribution in [0.5, 0.6) is 0 Å². The van der Waals surface area contributed by atoms with E-state index in [-0.39, 0.29) is 36.1 Å². The average Bonchev–Trinajstić information content (AvgIpc) is 2.64. The molecule has 28 heavy (non-hydrogen) atoms. The number of carbonyl (C=O) groups excluding carboxylic acids is 2. The molecule has 0 bridgehead atoms. The SMILES string of the molecule is CC(C)N(CC(N)=O)C(=O)c1ccc(NCc2ccccc2Cl)c([N+](=O)[O-])c1. The second kappa shape index (κ2) is 9.18. The van der Waals surface area contributed by atoms with Crippen LogP contribution in [0.1, 0.15) is 29.8 Å². The van der Waals surface area contributed by atoms with Gasteiger partial charge < -0.3 is 16.0 Å². The Morgan fingerprint density at radius 2 is 1.93 bits per heavy atom. The van der Waals surface area contributed by atoms with E-state index in [1.165, 1.54) is 23.1 Å². The number of amides is 2. The van der Waals surface area contributed by atoms with Gasteiger partial charge in [-0.25, -0.2) is 0 Å². The monoisotopic (exact) mass is 404 g/mol. The third-order valence-corrected chi connectivity index (χ3v) is 4.45. The van der Waals surface area contributed by atoms with Crippen molar-refractivity contribution in [2.24, 2.45) is 5.73 Å². The molecule has 2 amide bonds. The minimum Gasteiger partial charge on any atom is -0.375 e. The topological polar surface area (TPSA) is 119 Å². The molecular weight excluding hydrogens is 384 g/mol. The van der Waals surface area contributed by atoms with Crippen LogP contribution in [0.4, 0.5) is 11.4 Å². The summed E-state index contributed by atoms with van der Waals surface area (Å²) in [6.07, 6.45) is 0. The van der Waals surface area contributed by atoms with E-state index in [0.717, 1.165) is 5.56 Å². The lowest BCUT2D eigenvalue weighted by molar-refractivity contribution is -0.384. The lowest BCUT2D eigenvalue weighted by Crippen LogP contribution is -2.42. The van der Waals surface area contributed by atoms with E-state index in [0.29, 0.717) is 5.02 Å². The number of nitrogens with one attached hydrogen (secondary N) is 1. The first-order chi connectivity index (χ1) is 13.2. The van der Waals surface area contributed by atoms with Gasteiger partial charge >= 0.3 is 0 Å². The van der Waals surface area contributed by atoms with Crippen LogP contribution in [0.15, 0.2) is 42.5 Å². The summed E-state index contributed by atoms with van der Waals surface area (Å²) in [7, 11) is 0. The Morgan fingerprint density at radius 1 is 1.25 bits per heavy atom. The first-order valence-electron chi connectivity index (χ1n) is 8.55. The molecule has 148 valence electrons. The predicted molar refractivity (Wildman–Crippen MR) is 107 cm³/mol. The number of nitrogens with two attached hydrogens (primary N) is 1. The highest BCUT2D eigenvalue weighted by atomic mass is 35.5. The van der Waals surface area contributed by atoms with Crippen molar-refractivity contribution in [2.75, 3.05) is 11.9 Å². The molecule has 0 aliphatic heterocycles. The number of halogens is 1. The van der Waals surface area contributed by atoms with Crippen LogP contribution >= 0.6 is 11.6 Å². The van der Waals surface area contributed by atoms with Crippen LogP contribution in [0.25, 0.3) is 0 Å². The van der Waals surface area contributed by atoms with Crippen LogP contribution in [-0.2, 0) is 11.3 Å². The number of primary amides is 1. The number of rotatable bonds is 8. The maximum absolute atomic E-state index is 12.7. The quantitative estimate of drug-likeness (QED) is 0.517.